The van der Waals surface area contributed by atoms with E-state index < -0.39 is 17.8 Å². The third-order valence-electron chi connectivity index (χ3n) is 4.45. The number of ether oxygens (including phenoxy) is 1. The summed E-state index contributed by atoms with van der Waals surface area (Å²) in [6.07, 6.45) is 4.12. The summed E-state index contributed by atoms with van der Waals surface area (Å²) < 4.78 is 19.0. The van der Waals surface area contributed by atoms with Gasteiger partial charge in [0, 0.05) is 44.1 Å². The molecule has 3 rings (SSSR count). The number of halogens is 1. The maximum absolute atomic E-state index is 13.7. The minimum absolute atomic E-state index is 0.324. The standard InChI is InChI=1S/C18H21FN4O3/c1-26-15-5-4-13(19)12-14(15)16(17(24)25)22-8-3-9-23(11-10-22)18-20-6-2-7-21-18/h2,4-7,12,16H,3,8-11H2,1H3,(H,24,25). The van der Waals surface area contributed by atoms with E-state index in [-0.39, 0.29) is 0 Å². The molecular formula is C18H21FN4O3. The lowest BCUT2D eigenvalue weighted by atomic mass is 10.0. The van der Waals surface area contributed by atoms with Crippen LogP contribution < -0.4 is 9.64 Å². The summed E-state index contributed by atoms with van der Waals surface area (Å²) >= 11 is 0. The van der Waals surface area contributed by atoms with E-state index in [1.807, 2.05) is 9.80 Å². The summed E-state index contributed by atoms with van der Waals surface area (Å²) in [7, 11) is 1.45. The highest BCUT2D eigenvalue weighted by molar-refractivity contribution is 5.76. The maximum Gasteiger partial charge on any atom is 0.325 e. The van der Waals surface area contributed by atoms with Crippen LogP contribution in [0.25, 0.3) is 0 Å². The molecule has 0 saturated carbocycles. The molecule has 1 fully saturated rings. The molecule has 1 aliphatic rings. The van der Waals surface area contributed by atoms with Crippen molar-refractivity contribution in [2.45, 2.75) is 12.5 Å². The minimum atomic E-state index is -1.03. The number of hydrogen-bond donors (Lipinski definition) is 1. The SMILES string of the molecule is COc1ccc(F)cc1C(C(=O)O)N1CCCN(c2ncccn2)CC1. The van der Waals surface area contributed by atoms with Crippen molar-refractivity contribution in [1.29, 1.82) is 0 Å². The summed E-state index contributed by atoms with van der Waals surface area (Å²) in [6.45, 7) is 2.38. The second-order valence-electron chi connectivity index (χ2n) is 6.05. The van der Waals surface area contributed by atoms with Gasteiger partial charge >= 0.3 is 5.97 Å². The molecule has 1 saturated heterocycles. The number of anilines is 1. The smallest absolute Gasteiger partial charge is 0.325 e. The zero-order chi connectivity index (χ0) is 18.5. The summed E-state index contributed by atoms with van der Waals surface area (Å²) in [6, 6.07) is 4.74. The molecule has 0 radical (unpaired) electrons. The number of aliphatic carboxylic acids is 1. The van der Waals surface area contributed by atoms with Crippen molar-refractivity contribution in [2.75, 3.05) is 38.2 Å². The third kappa shape index (κ3) is 3.91. The monoisotopic (exact) mass is 360 g/mol. The lowest BCUT2D eigenvalue weighted by Crippen LogP contribution is -2.37. The van der Waals surface area contributed by atoms with E-state index in [1.165, 1.54) is 25.3 Å². The Kier molecular flexibility index (Phi) is 5.62. The van der Waals surface area contributed by atoms with Crippen LogP contribution in [-0.2, 0) is 4.79 Å². The van der Waals surface area contributed by atoms with E-state index in [9.17, 15) is 14.3 Å². The molecule has 1 aliphatic heterocycles. The third-order valence-corrected chi connectivity index (χ3v) is 4.45. The molecule has 0 amide bonds. The second-order valence-corrected chi connectivity index (χ2v) is 6.05. The van der Waals surface area contributed by atoms with Gasteiger partial charge in [0.2, 0.25) is 5.95 Å². The molecule has 26 heavy (non-hydrogen) atoms. The highest BCUT2D eigenvalue weighted by Crippen LogP contribution is 2.31. The van der Waals surface area contributed by atoms with Crippen LogP contribution in [0.15, 0.2) is 36.7 Å². The van der Waals surface area contributed by atoms with E-state index in [2.05, 4.69) is 9.97 Å². The number of methoxy groups -OCH3 is 1. The average Bonchev–Trinajstić information content (AvgIpc) is 2.89. The van der Waals surface area contributed by atoms with Gasteiger partial charge in [-0.15, -0.1) is 0 Å². The van der Waals surface area contributed by atoms with Crippen molar-refractivity contribution in [3.05, 3.63) is 48.0 Å². The second kappa shape index (κ2) is 8.09. The summed E-state index contributed by atoms with van der Waals surface area (Å²) in [4.78, 5) is 24.4. The number of rotatable bonds is 5. The lowest BCUT2D eigenvalue weighted by Gasteiger charge is -2.28. The largest absolute Gasteiger partial charge is 0.496 e. The molecule has 7 nitrogen and oxygen atoms in total. The number of benzene rings is 1. The van der Waals surface area contributed by atoms with Crippen LogP contribution in [0.5, 0.6) is 5.75 Å². The molecule has 1 aromatic heterocycles. The topological polar surface area (TPSA) is 78.8 Å². The molecule has 2 heterocycles. The van der Waals surface area contributed by atoms with Gasteiger partial charge in [0.25, 0.3) is 0 Å². The molecule has 138 valence electrons. The Morgan fingerprint density at radius 2 is 2.00 bits per heavy atom. The zero-order valence-electron chi connectivity index (χ0n) is 14.5. The first-order valence-electron chi connectivity index (χ1n) is 8.42. The predicted molar refractivity (Wildman–Crippen MR) is 93.8 cm³/mol. The first kappa shape index (κ1) is 18.1. The van der Waals surface area contributed by atoms with Crippen molar-refractivity contribution in [2.24, 2.45) is 0 Å². The van der Waals surface area contributed by atoms with Gasteiger partial charge in [0.15, 0.2) is 0 Å². The van der Waals surface area contributed by atoms with Crippen LogP contribution in [0.3, 0.4) is 0 Å². The van der Waals surface area contributed by atoms with E-state index in [1.54, 1.807) is 18.5 Å². The van der Waals surface area contributed by atoms with Gasteiger partial charge in [-0.3, -0.25) is 9.69 Å². The van der Waals surface area contributed by atoms with Crippen LogP contribution in [0.2, 0.25) is 0 Å². The van der Waals surface area contributed by atoms with Crippen LogP contribution in [0.4, 0.5) is 10.3 Å². The highest BCUT2D eigenvalue weighted by atomic mass is 19.1. The fourth-order valence-corrected chi connectivity index (χ4v) is 3.25. The molecule has 1 aromatic carbocycles. The van der Waals surface area contributed by atoms with Gasteiger partial charge in [0.1, 0.15) is 17.6 Å². The number of nitrogens with zero attached hydrogens (tertiary/aromatic N) is 4. The highest BCUT2D eigenvalue weighted by Gasteiger charge is 2.32. The van der Waals surface area contributed by atoms with Crippen LogP contribution >= 0.6 is 0 Å². The Labute approximate surface area is 151 Å². The maximum atomic E-state index is 13.7. The lowest BCUT2D eigenvalue weighted by molar-refractivity contribution is -0.143. The van der Waals surface area contributed by atoms with E-state index in [0.29, 0.717) is 36.9 Å². The number of aromatic nitrogens is 2. The summed E-state index contributed by atoms with van der Waals surface area (Å²) in [5.74, 6) is -0.518. The molecule has 0 aliphatic carbocycles. The van der Waals surface area contributed by atoms with Crippen molar-refractivity contribution < 1.29 is 19.0 Å². The van der Waals surface area contributed by atoms with Gasteiger partial charge in [-0.1, -0.05) is 0 Å². The number of carboxylic acids is 1. The van der Waals surface area contributed by atoms with Crippen molar-refractivity contribution >= 4 is 11.9 Å². The Morgan fingerprint density at radius 3 is 2.69 bits per heavy atom. The molecule has 8 heteroatoms. The normalized spacial score (nSPS) is 16.8. The van der Waals surface area contributed by atoms with Crippen molar-refractivity contribution in [3.63, 3.8) is 0 Å². The predicted octanol–water partition coefficient (Wildman–Crippen LogP) is 1.96. The molecule has 0 bridgehead atoms. The summed E-state index contributed by atoms with van der Waals surface area (Å²) in [5, 5.41) is 9.81. The average molecular weight is 360 g/mol. The van der Waals surface area contributed by atoms with Crippen LogP contribution in [0.1, 0.15) is 18.0 Å². The van der Waals surface area contributed by atoms with Crippen molar-refractivity contribution in [1.82, 2.24) is 14.9 Å². The molecule has 0 spiro atoms. The fraction of sp³-hybridized carbons (Fsp3) is 0.389. The molecular weight excluding hydrogens is 339 g/mol. The first-order chi connectivity index (χ1) is 12.6. The van der Waals surface area contributed by atoms with Gasteiger partial charge in [-0.2, -0.15) is 0 Å². The zero-order valence-corrected chi connectivity index (χ0v) is 14.5. The van der Waals surface area contributed by atoms with Gasteiger partial charge in [0.05, 0.1) is 7.11 Å². The van der Waals surface area contributed by atoms with Crippen molar-refractivity contribution in [3.8, 4) is 5.75 Å². The first-order valence-corrected chi connectivity index (χ1v) is 8.42. The van der Waals surface area contributed by atoms with E-state index in [4.69, 9.17) is 4.74 Å². The van der Waals surface area contributed by atoms with Crippen LogP contribution in [-0.4, -0.2) is 59.2 Å². The number of carboxylic acid groups (broad SMARTS) is 1. The van der Waals surface area contributed by atoms with Gasteiger partial charge in [-0.25, -0.2) is 14.4 Å². The Bertz CT molecular complexity index is 759. The minimum Gasteiger partial charge on any atom is -0.496 e. The van der Waals surface area contributed by atoms with Gasteiger partial charge in [-0.05, 0) is 30.7 Å². The molecule has 2 aromatic rings. The summed E-state index contributed by atoms with van der Waals surface area (Å²) in [5.41, 5.74) is 0.324. The Morgan fingerprint density at radius 1 is 1.23 bits per heavy atom. The van der Waals surface area contributed by atoms with Crippen LogP contribution in [0, 0.1) is 5.82 Å². The quantitative estimate of drug-likeness (QED) is 0.873. The Balaban J connectivity index is 1.83. The van der Waals surface area contributed by atoms with Gasteiger partial charge < -0.3 is 14.7 Å². The van der Waals surface area contributed by atoms with E-state index in [0.717, 1.165) is 13.0 Å². The fourth-order valence-electron chi connectivity index (χ4n) is 3.25. The number of hydrogen-bond acceptors (Lipinski definition) is 6. The molecule has 1 atom stereocenters. The Hall–Kier alpha value is -2.74. The molecule has 1 N–H and O–H groups in total. The number of carbonyl (C=O) groups is 1. The molecule has 1 unspecified atom stereocenters. The van der Waals surface area contributed by atoms with E-state index >= 15 is 0 Å².